The van der Waals surface area contributed by atoms with Crippen molar-refractivity contribution in [3.63, 3.8) is 0 Å². The predicted molar refractivity (Wildman–Crippen MR) is 59.7 cm³/mol. The molecule has 0 unspecified atom stereocenters. The summed E-state index contributed by atoms with van der Waals surface area (Å²) in [6, 6.07) is 7.63. The molecule has 0 saturated heterocycles. The van der Waals surface area contributed by atoms with Gasteiger partial charge in [-0.3, -0.25) is 9.59 Å². The van der Waals surface area contributed by atoms with Gasteiger partial charge in [0.2, 0.25) is 0 Å². The van der Waals surface area contributed by atoms with Crippen molar-refractivity contribution < 1.29 is 14.7 Å². The molecule has 0 aromatic heterocycles. The third-order valence-corrected chi connectivity index (χ3v) is 2.48. The zero-order valence-electron chi connectivity index (χ0n) is 8.07. The second-order valence-electron chi connectivity index (χ2n) is 3.24. The van der Waals surface area contributed by atoms with Gasteiger partial charge in [-0.05, 0) is 24.1 Å². The first kappa shape index (κ1) is 11.9. The standard InChI is InChI=1S/C11H11BrO3/c12-9-4-1-8(2-5-9)3-6-10(13)7-11(14)15/h1-2,4-5H,3,6-7H2,(H,14,15). The van der Waals surface area contributed by atoms with Gasteiger partial charge in [-0.25, -0.2) is 0 Å². The highest BCUT2D eigenvalue weighted by Gasteiger charge is 2.07. The molecule has 0 aliphatic heterocycles. The number of aliphatic carboxylic acids is 1. The monoisotopic (exact) mass is 270 g/mol. The number of carboxylic acid groups (broad SMARTS) is 1. The van der Waals surface area contributed by atoms with Gasteiger partial charge in [0, 0.05) is 10.9 Å². The number of aryl methyl sites for hydroxylation is 1. The Morgan fingerprint density at radius 2 is 1.80 bits per heavy atom. The average molecular weight is 271 g/mol. The van der Waals surface area contributed by atoms with E-state index < -0.39 is 5.97 Å². The second kappa shape index (κ2) is 5.66. The summed E-state index contributed by atoms with van der Waals surface area (Å²) < 4.78 is 0.989. The highest BCUT2D eigenvalue weighted by molar-refractivity contribution is 9.10. The van der Waals surface area contributed by atoms with Gasteiger partial charge in [0.25, 0.3) is 0 Å². The molecule has 1 aromatic carbocycles. The van der Waals surface area contributed by atoms with Gasteiger partial charge in [-0.2, -0.15) is 0 Å². The van der Waals surface area contributed by atoms with Crippen molar-refractivity contribution >= 4 is 27.7 Å². The van der Waals surface area contributed by atoms with Crippen molar-refractivity contribution in [1.29, 1.82) is 0 Å². The Morgan fingerprint density at radius 3 is 2.33 bits per heavy atom. The number of hydrogen-bond acceptors (Lipinski definition) is 2. The zero-order valence-corrected chi connectivity index (χ0v) is 9.66. The normalized spacial score (nSPS) is 9.93. The van der Waals surface area contributed by atoms with Crippen molar-refractivity contribution in [2.75, 3.05) is 0 Å². The van der Waals surface area contributed by atoms with Crippen LogP contribution in [0.2, 0.25) is 0 Å². The van der Waals surface area contributed by atoms with E-state index in [1.54, 1.807) is 0 Å². The van der Waals surface area contributed by atoms with Gasteiger partial charge in [0.15, 0.2) is 0 Å². The lowest BCUT2D eigenvalue weighted by Gasteiger charge is -2.00. The summed E-state index contributed by atoms with van der Waals surface area (Å²) in [5, 5.41) is 8.39. The Kier molecular flexibility index (Phi) is 4.49. The maximum Gasteiger partial charge on any atom is 0.310 e. The van der Waals surface area contributed by atoms with Crippen LogP contribution in [0.4, 0.5) is 0 Å². The van der Waals surface area contributed by atoms with Crippen LogP contribution in [0.1, 0.15) is 18.4 Å². The van der Waals surface area contributed by atoms with E-state index in [4.69, 9.17) is 5.11 Å². The van der Waals surface area contributed by atoms with E-state index in [1.807, 2.05) is 24.3 Å². The van der Waals surface area contributed by atoms with E-state index in [2.05, 4.69) is 15.9 Å². The number of benzene rings is 1. The van der Waals surface area contributed by atoms with Gasteiger partial charge < -0.3 is 5.11 Å². The van der Waals surface area contributed by atoms with Crippen LogP contribution < -0.4 is 0 Å². The predicted octanol–water partition coefficient (Wildman–Crippen LogP) is 2.43. The minimum atomic E-state index is -1.06. The van der Waals surface area contributed by atoms with Crippen molar-refractivity contribution in [2.45, 2.75) is 19.3 Å². The number of carbonyl (C=O) groups is 2. The topological polar surface area (TPSA) is 54.4 Å². The molecule has 3 nitrogen and oxygen atoms in total. The van der Waals surface area contributed by atoms with E-state index in [0.29, 0.717) is 6.42 Å². The molecule has 0 amide bonds. The van der Waals surface area contributed by atoms with Crippen molar-refractivity contribution in [2.24, 2.45) is 0 Å². The number of carbonyl (C=O) groups excluding carboxylic acids is 1. The highest BCUT2D eigenvalue weighted by Crippen LogP contribution is 2.12. The fraction of sp³-hybridized carbons (Fsp3) is 0.273. The van der Waals surface area contributed by atoms with E-state index in [0.717, 1.165) is 10.0 Å². The molecule has 1 rings (SSSR count). The van der Waals surface area contributed by atoms with Crippen molar-refractivity contribution in [3.8, 4) is 0 Å². The molecule has 1 aromatic rings. The molecular weight excluding hydrogens is 260 g/mol. The largest absolute Gasteiger partial charge is 0.481 e. The summed E-state index contributed by atoms with van der Waals surface area (Å²) in [6.07, 6.45) is 0.504. The first-order valence-electron chi connectivity index (χ1n) is 4.56. The van der Waals surface area contributed by atoms with E-state index >= 15 is 0 Å². The van der Waals surface area contributed by atoms with E-state index in [-0.39, 0.29) is 18.6 Å². The Balaban J connectivity index is 2.40. The molecule has 0 fully saturated rings. The summed E-state index contributed by atoms with van der Waals surface area (Å²) in [7, 11) is 0. The smallest absolute Gasteiger partial charge is 0.310 e. The molecule has 0 aliphatic carbocycles. The third kappa shape index (κ3) is 4.74. The van der Waals surface area contributed by atoms with Crippen LogP contribution in [0, 0.1) is 0 Å². The molecule has 1 N–H and O–H groups in total. The number of halogens is 1. The Labute approximate surface area is 96.2 Å². The first-order valence-corrected chi connectivity index (χ1v) is 5.35. The van der Waals surface area contributed by atoms with Gasteiger partial charge in [0.05, 0.1) is 0 Å². The Morgan fingerprint density at radius 1 is 1.20 bits per heavy atom. The molecule has 0 bridgehead atoms. The molecule has 0 saturated carbocycles. The number of carboxylic acids is 1. The van der Waals surface area contributed by atoms with Gasteiger partial charge in [-0.1, -0.05) is 28.1 Å². The fourth-order valence-electron chi connectivity index (χ4n) is 1.19. The van der Waals surface area contributed by atoms with Crippen molar-refractivity contribution in [3.05, 3.63) is 34.3 Å². The molecule has 0 spiro atoms. The first-order chi connectivity index (χ1) is 7.08. The summed E-state index contributed by atoms with van der Waals surface area (Å²) >= 11 is 3.31. The number of hydrogen-bond donors (Lipinski definition) is 1. The van der Waals surface area contributed by atoms with Crippen LogP contribution in [0.5, 0.6) is 0 Å². The van der Waals surface area contributed by atoms with Gasteiger partial charge >= 0.3 is 5.97 Å². The molecule has 0 aliphatic rings. The van der Waals surface area contributed by atoms with Gasteiger partial charge in [-0.15, -0.1) is 0 Å². The maximum atomic E-state index is 11.1. The number of ketones is 1. The van der Waals surface area contributed by atoms with Crippen LogP contribution in [-0.4, -0.2) is 16.9 Å². The summed E-state index contributed by atoms with van der Waals surface area (Å²) in [5.41, 5.74) is 1.04. The average Bonchev–Trinajstić information content (AvgIpc) is 2.16. The highest BCUT2D eigenvalue weighted by atomic mass is 79.9. The summed E-state index contributed by atoms with van der Waals surface area (Å²) in [4.78, 5) is 21.3. The molecule has 0 atom stereocenters. The quantitative estimate of drug-likeness (QED) is 0.837. The van der Waals surface area contributed by atoms with Crippen LogP contribution in [0.3, 0.4) is 0 Å². The minimum absolute atomic E-state index is 0.231. The lowest BCUT2D eigenvalue weighted by atomic mass is 10.1. The minimum Gasteiger partial charge on any atom is -0.481 e. The zero-order chi connectivity index (χ0) is 11.3. The SMILES string of the molecule is O=C(O)CC(=O)CCc1ccc(Br)cc1. The lowest BCUT2D eigenvalue weighted by molar-refractivity contribution is -0.140. The summed E-state index contributed by atoms with van der Waals surface area (Å²) in [6.45, 7) is 0. The Hall–Kier alpha value is -1.16. The Bertz CT molecular complexity index is 357. The van der Waals surface area contributed by atoms with Gasteiger partial charge in [0.1, 0.15) is 12.2 Å². The molecular formula is C11H11BrO3. The molecule has 0 radical (unpaired) electrons. The molecule has 15 heavy (non-hydrogen) atoms. The van der Waals surface area contributed by atoms with Crippen molar-refractivity contribution in [1.82, 2.24) is 0 Å². The van der Waals surface area contributed by atoms with E-state index in [1.165, 1.54) is 0 Å². The second-order valence-corrected chi connectivity index (χ2v) is 4.15. The van der Waals surface area contributed by atoms with E-state index in [9.17, 15) is 9.59 Å². The number of Topliss-reactive ketones (excluding diaryl/α,β-unsaturated/α-hetero) is 1. The number of rotatable bonds is 5. The van der Waals surface area contributed by atoms with Crippen LogP contribution in [0.25, 0.3) is 0 Å². The lowest BCUT2D eigenvalue weighted by Crippen LogP contribution is -2.07. The fourth-order valence-corrected chi connectivity index (χ4v) is 1.46. The third-order valence-electron chi connectivity index (χ3n) is 1.95. The van der Waals surface area contributed by atoms with Crippen LogP contribution in [0.15, 0.2) is 28.7 Å². The maximum absolute atomic E-state index is 11.1. The molecule has 80 valence electrons. The summed E-state index contributed by atoms with van der Waals surface area (Å²) in [5.74, 6) is -1.29. The molecule has 0 heterocycles. The van der Waals surface area contributed by atoms with Crippen LogP contribution in [-0.2, 0) is 16.0 Å². The molecule has 4 heteroatoms. The van der Waals surface area contributed by atoms with Crippen LogP contribution >= 0.6 is 15.9 Å².